The lowest BCUT2D eigenvalue weighted by Crippen LogP contribution is -2.41. The fourth-order valence-electron chi connectivity index (χ4n) is 4.39. The number of H-pyrrole nitrogens is 1. The molecule has 1 amide bonds. The van der Waals surface area contributed by atoms with Gasteiger partial charge in [-0.25, -0.2) is 0 Å². The molecule has 2 heterocycles. The average molecular weight is 380 g/mol. The number of aliphatic hydroxyl groups excluding tert-OH is 1. The van der Waals surface area contributed by atoms with Crippen LogP contribution in [-0.2, 0) is 18.3 Å². The molecule has 2 aromatic heterocycles. The van der Waals surface area contributed by atoms with Crippen molar-refractivity contribution in [2.24, 2.45) is 13.0 Å². The third-order valence-electron chi connectivity index (χ3n) is 6.05. The highest BCUT2D eigenvalue weighted by molar-refractivity contribution is 5.94. The van der Waals surface area contributed by atoms with Crippen LogP contribution in [0.3, 0.4) is 0 Å². The average Bonchev–Trinajstić information content (AvgIpc) is 3.18. The molecule has 6 nitrogen and oxygen atoms in total. The van der Waals surface area contributed by atoms with E-state index >= 15 is 0 Å². The Morgan fingerprint density at radius 3 is 2.68 bits per heavy atom. The highest BCUT2D eigenvalue weighted by Gasteiger charge is 2.36. The zero-order chi connectivity index (χ0) is 20.0. The zero-order valence-corrected chi connectivity index (χ0v) is 16.9. The Hall–Kier alpha value is -2.60. The molecule has 148 valence electrons. The van der Waals surface area contributed by atoms with Crippen molar-refractivity contribution < 1.29 is 9.90 Å². The number of aromatic nitrogens is 3. The van der Waals surface area contributed by atoms with Crippen molar-refractivity contribution in [3.05, 3.63) is 52.5 Å². The van der Waals surface area contributed by atoms with Crippen LogP contribution in [0.15, 0.2) is 24.5 Å². The molecule has 1 saturated carbocycles. The van der Waals surface area contributed by atoms with Gasteiger partial charge in [0.25, 0.3) is 0 Å². The molecular formula is C22H28N4O2. The Labute approximate surface area is 165 Å². The van der Waals surface area contributed by atoms with Gasteiger partial charge in [-0.2, -0.15) is 5.10 Å². The van der Waals surface area contributed by atoms with Gasteiger partial charge >= 0.3 is 0 Å². The summed E-state index contributed by atoms with van der Waals surface area (Å²) in [4.78, 5) is 16.5. The third-order valence-corrected chi connectivity index (χ3v) is 6.05. The maximum absolute atomic E-state index is 13.0. The topological polar surface area (TPSA) is 82.9 Å². The minimum Gasteiger partial charge on any atom is -0.393 e. The summed E-state index contributed by atoms with van der Waals surface area (Å²) in [6.45, 7) is 6.20. The molecule has 1 fully saturated rings. The summed E-state index contributed by atoms with van der Waals surface area (Å²) < 4.78 is 1.75. The number of aryl methyl sites for hydroxylation is 4. The molecule has 0 aliphatic heterocycles. The van der Waals surface area contributed by atoms with Crippen LogP contribution in [-0.4, -0.2) is 31.9 Å². The van der Waals surface area contributed by atoms with Crippen molar-refractivity contribution in [3.8, 4) is 0 Å². The summed E-state index contributed by atoms with van der Waals surface area (Å²) in [5.74, 6) is 0.247. The number of hydrogen-bond acceptors (Lipinski definition) is 3. The van der Waals surface area contributed by atoms with Gasteiger partial charge in [-0.3, -0.25) is 9.48 Å². The second-order valence-corrected chi connectivity index (χ2v) is 8.23. The highest BCUT2D eigenvalue weighted by atomic mass is 16.3. The summed E-state index contributed by atoms with van der Waals surface area (Å²) in [5, 5.41) is 18.4. The fourth-order valence-corrected chi connectivity index (χ4v) is 4.39. The van der Waals surface area contributed by atoms with E-state index in [4.69, 9.17) is 0 Å². The van der Waals surface area contributed by atoms with Gasteiger partial charge in [0.05, 0.1) is 24.8 Å². The van der Waals surface area contributed by atoms with E-state index in [0.29, 0.717) is 19.3 Å². The molecule has 0 bridgehead atoms. The quantitative estimate of drug-likeness (QED) is 0.636. The van der Waals surface area contributed by atoms with Gasteiger partial charge in [0.15, 0.2) is 0 Å². The van der Waals surface area contributed by atoms with E-state index in [9.17, 15) is 9.90 Å². The molecule has 0 radical (unpaired) electrons. The Bertz CT molecular complexity index is 1030. The van der Waals surface area contributed by atoms with E-state index in [2.05, 4.69) is 41.4 Å². The summed E-state index contributed by atoms with van der Waals surface area (Å²) in [6, 6.07) is 4.11. The van der Waals surface area contributed by atoms with E-state index in [-0.39, 0.29) is 24.0 Å². The molecule has 4 rings (SSSR count). The van der Waals surface area contributed by atoms with Crippen LogP contribution >= 0.6 is 0 Å². The molecule has 3 aromatic rings. The first-order chi connectivity index (χ1) is 13.3. The number of aliphatic hydroxyl groups is 1. The Kier molecular flexibility index (Phi) is 4.75. The molecule has 1 aliphatic rings. The zero-order valence-electron chi connectivity index (χ0n) is 16.9. The number of hydrogen-bond donors (Lipinski definition) is 3. The van der Waals surface area contributed by atoms with Crippen LogP contribution in [0.25, 0.3) is 10.9 Å². The van der Waals surface area contributed by atoms with E-state index < -0.39 is 0 Å². The molecular weight excluding hydrogens is 352 g/mol. The normalized spacial score (nSPS) is 20.2. The SMILES string of the molecule is Cc1[nH]c2c(C)ccc(C)c2c1CC(=O)N[C@@H](c1cnn(C)c1)C1CC(O)C1. The number of nitrogens with zero attached hydrogens (tertiary/aromatic N) is 2. The number of aromatic amines is 1. The molecule has 1 aliphatic carbocycles. The lowest BCUT2D eigenvalue weighted by Gasteiger charge is -2.37. The first-order valence-corrected chi connectivity index (χ1v) is 9.86. The monoisotopic (exact) mass is 380 g/mol. The number of rotatable bonds is 5. The van der Waals surface area contributed by atoms with Gasteiger partial charge in [0.1, 0.15) is 0 Å². The van der Waals surface area contributed by atoms with Crippen LogP contribution in [0.4, 0.5) is 0 Å². The van der Waals surface area contributed by atoms with Crippen molar-refractivity contribution in [2.75, 3.05) is 0 Å². The van der Waals surface area contributed by atoms with Gasteiger partial charge < -0.3 is 15.4 Å². The number of amides is 1. The molecule has 28 heavy (non-hydrogen) atoms. The number of carbonyl (C=O) groups is 1. The minimum atomic E-state index is -0.262. The summed E-state index contributed by atoms with van der Waals surface area (Å²) in [5.41, 5.74) is 6.58. The first-order valence-electron chi connectivity index (χ1n) is 9.86. The van der Waals surface area contributed by atoms with E-state index in [1.807, 2.05) is 20.2 Å². The second-order valence-electron chi connectivity index (χ2n) is 8.23. The standard InChI is InChI=1S/C22H28N4O2/c1-12-5-6-13(2)21-20(12)18(14(3)24-21)9-19(28)25-22(15-7-17(27)8-15)16-10-23-26(4)11-16/h5-6,10-11,15,17,22,24,27H,7-9H2,1-4H3,(H,25,28)/t15?,17?,22-/m1/s1. The fraction of sp³-hybridized carbons (Fsp3) is 0.455. The van der Waals surface area contributed by atoms with E-state index in [1.54, 1.807) is 10.9 Å². The van der Waals surface area contributed by atoms with Crippen molar-refractivity contribution in [1.82, 2.24) is 20.1 Å². The molecule has 1 aromatic carbocycles. The minimum absolute atomic E-state index is 0.000138. The van der Waals surface area contributed by atoms with E-state index in [0.717, 1.165) is 27.7 Å². The van der Waals surface area contributed by atoms with E-state index in [1.165, 1.54) is 11.1 Å². The van der Waals surface area contributed by atoms with Gasteiger partial charge in [0.2, 0.25) is 5.91 Å². The van der Waals surface area contributed by atoms with Gasteiger partial charge in [0, 0.05) is 35.4 Å². The first kappa shape index (κ1) is 18.7. The van der Waals surface area contributed by atoms with Crippen LogP contribution in [0, 0.1) is 26.7 Å². The lowest BCUT2D eigenvalue weighted by molar-refractivity contribution is -0.122. The Morgan fingerprint density at radius 1 is 1.32 bits per heavy atom. The molecule has 0 saturated heterocycles. The van der Waals surface area contributed by atoms with Crippen molar-refractivity contribution in [2.45, 2.75) is 52.2 Å². The van der Waals surface area contributed by atoms with Crippen molar-refractivity contribution in [3.63, 3.8) is 0 Å². The van der Waals surface area contributed by atoms with Crippen molar-refractivity contribution >= 4 is 16.8 Å². The largest absolute Gasteiger partial charge is 0.393 e. The summed E-state index contributed by atoms with van der Waals surface area (Å²) in [6.07, 6.45) is 5.25. The third kappa shape index (κ3) is 3.33. The van der Waals surface area contributed by atoms with Gasteiger partial charge in [-0.1, -0.05) is 12.1 Å². The Balaban J connectivity index is 1.58. The number of fused-ring (bicyclic) bond motifs is 1. The predicted octanol–water partition coefficient (Wildman–Crippen LogP) is 3.00. The second kappa shape index (κ2) is 7.09. The molecule has 0 spiro atoms. The molecule has 6 heteroatoms. The smallest absolute Gasteiger partial charge is 0.225 e. The van der Waals surface area contributed by atoms with Crippen LogP contribution < -0.4 is 5.32 Å². The predicted molar refractivity (Wildman–Crippen MR) is 109 cm³/mol. The number of benzene rings is 1. The van der Waals surface area contributed by atoms with Gasteiger partial charge in [-0.15, -0.1) is 0 Å². The summed E-state index contributed by atoms with van der Waals surface area (Å²) >= 11 is 0. The molecule has 3 N–H and O–H groups in total. The van der Waals surface area contributed by atoms with Crippen LogP contribution in [0.1, 0.15) is 46.8 Å². The Morgan fingerprint density at radius 2 is 2.04 bits per heavy atom. The number of nitrogens with one attached hydrogen (secondary N) is 2. The molecule has 1 atom stereocenters. The van der Waals surface area contributed by atoms with Crippen molar-refractivity contribution in [1.29, 1.82) is 0 Å². The van der Waals surface area contributed by atoms with Gasteiger partial charge in [-0.05, 0) is 56.2 Å². The highest BCUT2D eigenvalue weighted by Crippen LogP contribution is 2.38. The maximum Gasteiger partial charge on any atom is 0.225 e. The number of carbonyl (C=O) groups excluding carboxylic acids is 1. The van der Waals surface area contributed by atoms with Crippen LogP contribution in [0.2, 0.25) is 0 Å². The lowest BCUT2D eigenvalue weighted by atomic mass is 9.75. The van der Waals surface area contributed by atoms with Crippen LogP contribution in [0.5, 0.6) is 0 Å². The summed E-state index contributed by atoms with van der Waals surface area (Å²) in [7, 11) is 1.87. The maximum atomic E-state index is 13.0. The molecule has 0 unspecified atom stereocenters.